The average Bonchev–Trinajstić information content (AvgIpc) is 2.38. The highest BCUT2D eigenvalue weighted by atomic mass is 79.9. The number of amides is 1. The van der Waals surface area contributed by atoms with E-state index in [1.807, 2.05) is 6.20 Å². The summed E-state index contributed by atoms with van der Waals surface area (Å²) in [5, 5.41) is 2.74. The topological polar surface area (TPSA) is 45.2 Å². The number of nitrogens with zero attached hydrogens (tertiary/aromatic N) is 2. The summed E-state index contributed by atoms with van der Waals surface area (Å²) in [7, 11) is 1.70. The van der Waals surface area contributed by atoms with Gasteiger partial charge in [-0.15, -0.1) is 0 Å². The van der Waals surface area contributed by atoms with E-state index in [0.29, 0.717) is 0 Å². The maximum absolute atomic E-state index is 11.7. The van der Waals surface area contributed by atoms with Crippen molar-refractivity contribution in [2.24, 2.45) is 5.92 Å². The van der Waals surface area contributed by atoms with Crippen LogP contribution in [0.25, 0.3) is 0 Å². The van der Waals surface area contributed by atoms with E-state index in [4.69, 9.17) is 0 Å². The summed E-state index contributed by atoms with van der Waals surface area (Å²) >= 11 is 3.42. The maximum atomic E-state index is 11.7. The first kappa shape index (κ1) is 13.3. The Hall–Kier alpha value is -1.10. The molecule has 0 aromatic carbocycles. The molecular formula is C13H18BrN3O. The van der Waals surface area contributed by atoms with Crippen molar-refractivity contribution in [2.75, 3.05) is 25.0 Å². The van der Waals surface area contributed by atoms with Crippen molar-refractivity contribution in [3.05, 3.63) is 22.3 Å². The summed E-state index contributed by atoms with van der Waals surface area (Å²) in [5.74, 6) is 1.20. The Morgan fingerprint density at radius 2 is 2.39 bits per heavy atom. The van der Waals surface area contributed by atoms with Crippen molar-refractivity contribution >= 4 is 27.7 Å². The molecule has 1 aliphatic heterocycles. The summed E-state index contributed by atoms with van der Waals surface area (Å²) in [5.41, 5.74) is 1.14. The molecule has 0 spiro atoms. The zero-order chi connectivity index (χ0) is 13.1. The van der Waals surface area contributed by atoms with Crippen LogP contribution < -0.4 is 10.2 Å². The van der Waals surface area contributed by atoms with Gasteiger partial charge in [-0.1, -0.05) is 0 Å². The van der Waals surface area contributed by atoms with Crippen molar-refractivity contribution in [3.63, 3.8) is 0 Å². The molecule has 0 saturated carbocycles. The van der Waals surface area contributed by atoms with Crippen LogP contribution in [0.1, 0.15) is 18.4 Å². The molecule has 1 aromatic rings. The molecule has 2 rings (SSSR count). The fraction of sp³-hybridized carbons (Fsp3) is 0.538. The summed E-state index contributed by atoms with van der Waals surface area (Å²) < 4.78 is 0.989. The molecule has 98 valence electrons. The van der Waals surface area contributed by atoms with Gasteiger partial charge in [0.05, 0.1) is 5.92 Å². The maximum Gasteiger partial charge on any atom is 0.224 e. The van der Waals surface area contributed by atoms with Crippen LogP contribution in [0.15, 0.2) is 16.7 Å². The van der Waals surface area contributed by atoms with Crippen LogP contribution in [0, 0.1) is 12.8 Å². The number of aromatic nitrogens is 1. The van der Waals surface area contributed by atoms with E-state index in [-0.39, 0.29) is 11.8 Å². The number of hydrogen-bond donors (Lipinski definition) is 1. The number of hydrogen-bond acceptors (Lipinski definition) is 3. The lowest BCUT2D eigenvalue weighted by Crippen LogP contribution is -2.42. The SMILES string of the molecule is CNC(=O)C1CCCN(c2ncc(Br)cc2C)C1. The lowest BCUT2D eigenvalue weighted by molar-refractivity contribution is -0.124. The van der Waals surface area contributed by atoms with Gasteiger partial charge in [-0.25, -0.2) is 4.98 Å². The second-order valence-electron chi connectivity index (χ2n) is 4.69. The minimum absolute atomic E-state index is 0.0774. The van der Waals surface area contributed by atoms with Gasteiger partial charge in [0.25, 0.3) is 0 Å². The Balaban J connectivity index is 2.15. The van der Waals surface area contributed by atoms with Crippen molar-refractivity contribution in [3.8, 4) is 0 Å². The van der Waals surface area contributed by atoms with Crippen LogP contribution >= 0.6 is 15.9 Å². The minimum atomic E-state index is 0.0774. The molecular weight excluding hydrogens is 294 g/mol. The lowest BCUT2D eigenvalue weighted by Gasteiger charge is -2.33. The third-order valence-corrected chi connectivity index (χ3v) is 3.79. The van der Waals surface area contributed by atoms with Gasteiger partial charge in [0, 0.05) is 30.8 Å². The highest BCUT2D eigenvalue weighted by Gasteiger charge is 2.26. The fourth-order valence-corrected chi connectivity index (χ4v) is 2.90. The quantitative estimate of drug-likeness (QED) is 0.910. The zero-order valence-electron chi connectivity index (χ0n) is 10.7. The fourth-order valence-electron chi connectivity index (χ4n) is 2.45. The smallest absolute Gasteiger partial charge is 0.224 e. The zero-order valence-corrected chi connectivity index (χ0v) is 12.3. The first-order valence-corrected chi connectivity index (χ1v) is 7.00. The molecule has 2 heterocycles. The number of carbonyl (C=O) groups excluding carboxylic acids is 1. The van der Waals surface area contributed by atoms with Gasteiger partial charge in [0.15, 0.2) is 0 Å². The number of carbonyl (C=O) groups is 1. The van der Waals surface area contributed by atoms with Crippen molar-refractivity contribution in [1.82, 2.24) is 10.3 Å². The molecule has 1 saturated heterocycles. The second-order valence-corrected chi connectivity index (χ2v) is 5.61. The first-order valence-electron chi connectivity index (χ1n) is 6.20. The van der Waals surface area contributed by atoms with Crippen molar-refractivity contribution in [2.45, 2.75) is 19.8 Å². The molecule has 0 radical (unpaired) electrons. The predicted octanol–water partition coefficient (Wildman–Crippen LogP) is 2.11. The number of rotatable bonds is 2. The van der Waals surface area contributed by atoms with Crippen molar-refractivity contribution < 1.29 is 4.79 Å². The summed E-state index contributed by atoms with van der Waals surface area (Å²) in [6.07, 6.45) is 3.81. The van der Waals surface area contributed by atoms with Gasteiger partial charge in [0.2, 0.25) is 5.91 Å². The van der Waals surface area contributed by atoms with Crippen LogP contribution in [0.3, 0.4) is 0 Å². The molecule has 0 bridgehead atoms. The number of piperidine rings is 1. The number of pyridine rings is 1. The van der Waals surface area contributed by atoms with E-state index in [2.05, 4.69) is 44.1 Å². The van der Waals surface area contributed by atoms with Gasteiger partial charge in [-0.2, -0.15) is 0 Å². The predicted molar refractivity (Wildman–Crippen MR) is 75.7 cm³/mol. The largest absolute Gasteiger partial charge is 0.359 e. The highest BCUT2D eigenvalue weighted by molar-refractivity contribution is 9.10. The molecule has 1 aliphatic rings. The third kappa shape index (κ3) is 2.83. The van der Waals surface area contributed by atoms with E-state index >= 15 is 0 Å². The van der Waals surface area contributed by atoms with Gasteiger partial charge in [-0.05, 0) is 47.3 Å². The van der Waals surface area contributed by atoms with Crippen LogP contribution in [-0.2, 0) is 4.79 Å². The first-order chi connectivity index (χ1) is 8.61. The van der Waals surface area contributed by atoms with Gasteiger partial charge >= 0.3 is 0 Å². The number of nitrogens with one attached hydrogen (secondary N) is 1. The molecule has 1 fully saturated rings. The third-order valence-electron chi connectivity index (χ3n) is 3.36. The van der Waals surface area contributed by atoms with Gasteiger partial charge in [-0.3, -0.25) is 4.79 Å². The van der Waals surface area contributed by atoms with E-state index in [1.165, 1.54) is 0 Å². The molecule has 4 nitrogen and oxygen atoms in total. The Labute approximate surface area is 116 Å². The molecule has 5 heteroatoms. The monoisotopic (exact) mass is 311 g/mol. The van der Waals surface area contributed by atoms with E-state index in [0.717, 1.165) is 41.8 Å². The van der Waals surface area contributed by atoms with Crippen LogP contribution in [0.5, 0.6) is 0 Å². The lowest BCUT2D eigenvalue weighted by atomic mass is 9.97. The molecule has 1 atom stereocenters. The Bertz CT molecular complexity index is 450. The van der Waals surface area contributed by atoms with Gasteiger partial charge < -0.3 is 10.2 Å². The van der Waals surface area contributed by atoms with E-state index < -0.39 is 0 Å². The molecule has 1 amide bonds. The number of halogens is 1. The number of aryl methyl sites for hydroxylation is 1. The summed E-state index contributed by atoms with van der Waals surface area (Å²) in [6.45, 7) is 3.79. The van der Waals surface area contributed by atoms with Crippen LogP contribution in [0.4, 0.5) is 5.82 Å². The van der Waals surface area contributed by atoms with Crippen LogP contribution in [-0.4, -0.2) is 31.0 Å². The molecule has 1 N–H and O–H groups in total. The summed E-state index contributed by atoms with van der Waals surface area (Å²) in [6, 6.07) is 2.06. The second kappa shape index (κ2) is 5.69. The summed E-state index contributed by atoms with van der Waals surface area (Å²) in [4.78, 5) is 18.4. The molecule has 1 unspecified atom stereocenters. The van der Waals surface area contributed by atoms with E-state index in [9.17, 15) is 4.79 Å². The molecule has 0 aliphatic carbocycles. The van der Waals surface area contributed by atoms with E-state index in [1.54, 1.807) is 7.05 Å². The Kier molecular flexibility index (Phi) is 4.22. The number of anilines is 1. The normalized spacial score (nSPS) is 19.7. The van der Waals surface area contributed by atoms with Crippen LogP contribution in [0.2, 0.25) is 0 Å². The minimum Gasteiger partial charge on any atom is -0.359 e. The van der Waals surface area contributed by atoms with Gasteiger partial charge in [0.1, 0.15) is 5.82 Å². The Morgan fingerprint density at radius 1 is 1.61 bits per heavy atom. The standard InChI is InChI=1S/C13H18BrN3O/c1-9-6-11(14)7-16-12(9)17-5-3-4-10(8-17)13(18)15-2/h6-7,10H,3-5,8H2,1-2H3,(H,15,18). The molecule has 1 aromatic heterocycles. The average molecular weight is 312 g/mol. The van der Waals surface area contributed by atoms with Crippen molar-refractivity contribution in [1.29, 1.82) is 0 Å². The highest BCUT2D eigenvalue weighted by Crippen LogP contribution is 2.25. The Morgan fingerprint density at radius 3 is 3.06 bits per heavy atom. The molecule has 18 heavy (non-hydrogen) atoms.